The number of hydrogen-bond donors (Lipinski definition) is 0. The van der Waals surface area contributed by atoms with Gasteiger partial charge in [-0.3, -0.25) is 6.42 Å². The zero-order valence-electron chi connectivity index (χ0n) is 11.3. The first-order valence-electron chi connectivity index (χ1n) is 7.11. The second-order valence-electron chi connectivity index (χ2n) is 5.73. The third-order valence-electron chi connectivity index (χ3n) is 4.56. The zero-order valence-corrected chi connectivity index (χ0v) is 12.1. The van der Waals surface area contributed by atoms with Crippen molar-refractivity contribution in [1.29, 1.82) is 0 Å². The van der Waals surface area contributed by atoms with E-state index in [9.17, 15) is 4.79 Å². The van der Waals surface area contributed by atoms with Crippen molar-refractivity contribution in [2.24, 2.45) is 0 Å². The van der Waals surface area contributed by atoms with Crippen LogP contribution >= 0.6 is 11.6 Å². The molecule has 0 saturated carbocycles. The number of aliphatic hydroxyl groups is 1. The summed E-state index contributed by atoms with van der Waals surface area (Å²) in [5, 5.41) is 1.92. The molecule has 0 fully saturated rings. The molecule has 2 aliphatic rings. The summed E-state index contributed by atoms with van der Waals surface area (Å²) in [6.07, 6.45) is 4.05. The minimum Gasteiger partial charge on any atom is -0.583 e. The molecule has 2 aromatic carbocycles. The highest BCUT2D eigenvalue weighted by Crippen LogP contribution is 2.46. The van der Waals surface area contributed by atoms with Gasteiger partial charge in [0.15, 0.2) is 6.61 Å². The molecule has 1 heterocycles. The van der Waals surface area contributed by atoms with Gasteiger partial charge in [-0.05, 0) is 16.8 Å². The van der Waals surface area contributed by atoms with Crippen LogP contribution in [0.1, 0.15) is 36.0 Å². The Balaban J connectivity index is 2.14. The topological polar surface area (TPSA) is 29.9 Å². The summed E-state index contributed by atoms with van der Waals surface area (Å²) in [7, 11) is 0. The van der Waals surface area contributed by atoms with Crippen LogP contribution in [0.5, 0.6) is 5.75 Å². The molecule has 0 saturated heterocycles. The smallest absolute Gasteiger partial charge is 0.242 e. The molecule has 1 aliphatic heterocycles. The van der Waals surface area contributed by atoms with E-state index in [0.717, 1.165) is 41.5 Å². The van der Waals surface area contributed by atoms with Gasteiger partial charge in [-0.2, -0.15) is 0 Å². The van der Waals surface area contributed by atoms with E-state index in [2.05, 4.69) is 17.2 Å². The van der Waals surface area contributed by atoms with Gasteiger partial charge in [-0.1, -0.05) is 13.0 Å². The molecule has 2 nitrogen and oxygen atoms in total. The molecule has 0 radical (unpaired) electrons. The monoisotopic (exact) mass is 287 g/mol. The normalized spacial score (nSPS) is 21.2. The lowest BCUT2D eigenvalue weighted by molar-refractivity contribution is 0.0974. The molecule has 0 aromatic heterocycles. The Morgan fingerprint density at radius 3 is 3.10 bits per heavy atom. The summed E-state index contributed by atoms with van der Waals surface area (Å²) >= 11 is 6.37. The fourth-order valence-electron chi connectivity index (χ4n) is 3.58. The number of fused-ring (bicyclic) bond motifs is 5. The van der Waals surface area contributed by atoms with E-state index in [-0.39, 0.29) is 16.7 Å². The SMILES string of the molecule is CC(Cl)C1C[CH-]c2[cH-]c(=O)c3ccc4c(c3c21)[OH+]CC4. The molecule has 20 heavy (non-hydrogen) atoms. The first-order valence-corrected chi connectivity index (χ1v) is 7.54. The molecule has 1 aliphatic carbocycles. The molecule has 2 aromatic rings. The predicted octanol–water partition coefficient (Wildman–Crippen LogP) is 3.38. The first-order chi connectivity index (χ1) is 9.66. The Labute approximate surface area is 122 Å². The fourth-order valence-corrected chi connectivity index (χ4v) is 3.81. The van der Waals surface area contributed by atoms with Crippen LogP contribution in [0, 0.1) is 6.42 Å². The van der Waals surface area contributed by atoms with Crippen LogP contribution in [0.15, 0.2) is 23.0 Å². The number of benzene rings is 2. The maximum atomic E-state index is 12.3. The lowest BCUT2D eigenvalue weighted by Gasteiger charge is -2.28. The second-order valence-corrected chi connectivity index (χ2v) is 6.42. The van der Waals surface area contributed by atoms with Crippen molar-refractivity contribution in [2.45, 2.75) is 31.1 Å². The molecule has 1 N–H and O–H groups in total. The van der Waals surface area contributed by atoms with Crippen LogP contribution in [0.3, 0.4) is 0 Å². The molecule has 104 valence electrons. The average Bonchev–Trinajstić information content (AvgIpc) is 3.03. The van der Waals surface area contributed by atoms with Gasteiger partial charge in [0.1, 0.15) is 0 Å². The first kappa shape index (κ1) is 12.2. The molecule has 2 atom stereocenters. The summed E-state index contributed by atoms with van der Waals surface area (Å²) in [5.41, 5.74) is 3.67. The van der Waals surface area contributed by atoms with Crippen LogP contribution in [-0.4, -0.2) is 16.7 Å². The van der Waals surface area contributed by atoms with E-state index in [1.807, 2.05) is 13.0 Å². The number of ether oxygens (including phenoxy) is 1. The van der Waals surface area contributed by atoms with Crippen molar-refractivity contribution >= 4 is 22.4 Å². The summed E-state index contributed by atoms with van der Waals surface area (Å²) in [5.74, 6) is 1.33. The third-order valence-corrected chi connectivity index (χ3v) is 4.87. The zero-order chi connectivity index (χ0) is 13.9. The van der Waals surface area contributed by atoms with Crippen molar-refractivity contribution in [2.75, 3.05) is 6.61 Å². The Hall–Kier alpha value is -1.54. The molecule has 2 unspecified atom stereocenters. The number of hydrogen-bond acceptors (Lipinski definition) is 1. The average molecular weight is 288 g/mol. The van der Waals surface area contributed by atoms with E-state index in [1.54, 1.807) is 6.07 Å². The minimum absolute atomic E-state index is 0.0606. The Bertz CT molecular complexity index is 758. The Morgan fingerprint density at radius 1 is 1.45 bits per heavy atom. The van der Waals surface area contributed by atoms with Crippen molar-refractivity contribution in [3.63, 3.8) is 0 Å². The highest BCUT2D eigenvalue weighted by Gasteiger charge is 2.23. The summed E-state index contributed by atoms with van der Waals surface area (Å²) in [6, 6.07) is 5.78. The molecule has 0 bridgehead atoms. The Morgan fingerprint density at radius 2 is 2.30 bits per heavy atom. The van der Waals surface area contributed by atoms with Gasteiger partial charge in [0.25, 0.3) is 0 Å². The van der Waals surface area contributed by atoms with E-state index in [1.165, 1.54) is 11.1 Å². The molecule has 4 rings (SSSR count). The van der Waals surface area contributed by atoms with Gasteiger partial charge in [-0.25, -0.2) is 11.6 Å². The molecule has 0 amide bonds. The number of alkyl halides is 1. The highest BCUT2D eigenvalue weighted by atomic mass is 35.5. The Kier molecular flexibility index (Phi) is 2.58. The van der Waals surface area contributed by atoms with Gasteiger partial charge in [0.05, 0.1) is 17.4 Å². The maximum absolute atomic E-state index is 12.3. The largest absolute Gasteiger partial charge is 0.583 e. The van der Waals surface area contributed by atoms with E-state index < -0.39 is 0 Å². The van der Waals surface area contributed by atoms with Crippen molar-refractivity contribution in [3.05, 3.63) is 51.5 Å². The second kappa shape index (κ2) is 4.23. The molecule has 0 spiro atoms. The summed E-state index contributed by atoms with van der Waals surface area (Å²) in [4.78, 5) is 12.3. The predicted molar refractivity (Wildman–Crippen MR) is 82.1 cm³/mol. The van der Waals surface area contributed by atoms with E-state index in [0.29, 0.717) is 0 Å². The number of rotatable bonds is 1. The van der Waals surface area contributed by atoms with Gasteiger partial charge < -0.3 is 15.1 Å². The standard InChI is InChI=1S/C17H15ClO2/c1-9(18)12-4-3-11-8-14(19)13-5-2-10-6-7-20-17(10)16(13)15(11)12/h2-3,5,8-9,12H,4,6-7H2,1H3/q-2/p+1. The minimum atomic E-state index is 0.0606. The van der Waals surface area contributed by atoms with Gasteiger partial charge in [0.2, 0.25) is 5.75 Å². The van der Waals surface area contributed by atoms with Crippen LogP contribution in [-0.2, 0) is 6.42 Å². The molecular formula is C17H16ClO2-. The van der Waals surface area contributed by atoms with Crippen molar-refractivity contribution in [1.82, 2.24) is 0 Å². The van der Waals surface area contributed by atoms with E-state index in [4.69, 9.17) is 11.6 Å². The summed E-state index contributed by atoms with van der Waals surface area (Å²) < 4.78 is 4.64. The van der Waals surface area contributed by atoms with Crippen LogP contribution in [0.4, 0.5) is 0 Å². The summed E-state index contributed by atoms with van der Waals surface area (Å²) in [6.45, 7) is 2.86. The van der Waals surface area contributed by atoms with E-state index >= 15 is 0 Å². The lowest BCUT2D eigenvalue weighted by Crippen LogP contribution is -2.09. The molecule has 3 heteroatoms. The van der Waals surface area contributed by atoms with Crippen molar-refractivity contribution < 1.29 is 4.74 Å². The maximum Gasteiger partial charge on any atom is 0.242 e. The number of halogens is 1. The number of aromatic hydroxyl groups is 1. The van der Waals surface area contributed by atoms with Crippen LogP contribution < -0.4 is 5.43 Å². The fraction of sp³-hybridized carbons (Fsp3) is 0.353. The highest BCUT2D eigenvalue weighted by molar-refractivity contribution is 6.21. The van der Waals surface area contributed by atoms with Crippen molar-refractivity contribution in [3.8, 4) is 5.75 Å². The van der Waals surface area contributed by atoms with Gasteiger partial charge in [-0.15, -0.1) is 23.9 Å². The third kappa shape index (κ3) is 1.55. The quantitative estimate of drug-likeness (QED) is 0.449. The van der Waals surface area contributed by atoms with Gasteiger partial charge >= 0.3 is 0 Å². The van der Waals surface area contributed by atoms with Crippen LogP contribution in [0.2, 0.25) is 0 Å². The van der Waals surface area contributed by atoms with Crippen LogP contribution in [0.25, 0.3) is 10.8 Å². The molecular weight excluding hydrogens is 272 g/mol. The lowest BCUT2D eigenvalue weighted by atomic mass is 9.91. The van der Waals surface area contributed by atoms with Gasteiger partial charge in [0, 0.05) is 5.38 Å².